The van der Waals surface area contributed by atoms with Gasteiger partial charge in [0.05, 0.1) is 17.7 Å². The summed E-state index contributed by atoms with van der Waals surface area (Å²) in [6, 6.07) is 1.96. The minimum Gasteiger partial charge on any atom is -0.381 e. The molecule has 3 aliphatic rings. The lowest BCUT2D eigenvalue weighted by Gasteiger charge is -2.52. The number of amides is 1. The van der Waals surface area contributed by atoms with Gasteiger partial charge in [0.25, 0.3) is 0 Å². The van der Waals surface area contributed by atoms with Crippen molar-refractivity contribution in [3.8, 4) is 0 Å². The summed E-state index contributed by atoms with van der Waals surface area (Å²) in [7, 11) is 2.13. The largest absolute Gasteiger partial charge is 0.381 e. The van der Waals surface area contributed by atoms with Gasteiger partial charge < -0.3 is 20.3 Å². The zero-order valence-corrected chi connectivity index (χ0v) is 15.1. The number of hydrogen-bond donors (Lipinski definition) is 1. The van der Waals surface area contributed by atoms with E-state index in [4.69, 9.17) is 10.5 Å². The molecular formula is C18H27N5O2. The number of anilines is 1. The van der Waals surface area contributed by atoms with Crippen LogP contribution in [-0.2, 0) is 9.53 Å². The molecule has 25 heavy (non-hydrogen) atoms. The van der Waals surface area contributed by atoms with Crippen LogP contribution < -0.4 is 5.73 Å². The number of nitrogen functional groups attached to an aromatic ring is 1. The second-order valence-electron chi connectivity index (χ2n) is 8.03. The van der Waals surface area contributed by atoms with Gasteiger partial charge >= 0.3 is 0 Å². The van der Waals surface area contributed by atoms with Crippen LogP contribution in [0.5, 0.6) is 0 Å². The SMILES string of the molecule is CCOCC1(C(=O)N2CC3(CN(C)CC3c3ccnc(N)n3)C2)CC1. The quantitative estimate of drug-likeness (QED) is 0.847. The van der Waals surface area contributed by atoms with Crippen molar-refractivity contribution in [1.82, 2.24) is 19.8 Å². The van der Waals surface area contributed by atoms with Crippen LogP contribution in [0.1, 0.15) is 31.4 Å². The highest BCUT2D eigenvalue weighted by molar-refractivity contribution is 5.86. The zero-order valence-electron chi connectivity index (χ0n) is 15.1. The lowest BCUT2D eigenvalue weighted by Crippen LogP contribution is -2.63. The zero-order chi connectivity index (χ0) is 17.7. The molecular weight excluding hydrogens is 318 g/mol. The highest BCUT2D eigenvalue weighted by Gasteiger charge is 2.60. The fourth-order valence-electron chi connectivity index (χ4n) is 4.59. The number of likely N-dealkylation sites (tertiary alicyclic amines) is 2. The Balaban J connectivity index is 1.47. The van der Waals surface area contributed by atoms with E-state index in [1.807, 2.05) is 17.9 Å². The number of aromatic nitrogens is 2. The highest BCUT2D eigenvalue weighted by Crippen LogP contribution is 2.53. The van der Waals surface area contributed by atoms with Gasteiger partial charge in [0, 0.05) is 50.3 Å². The Morgan fingerprint density at radius 1 is 1.40 bits per heavy atom. The molecule has 2 saturated heterocycles. The molecule has 7 nitrogen and oxygen atoms in total. The lowest BCUT2D eigenvalue weighted by atomic mass is 9.69. The van der Waals surface area contributed by atoms with Crippen molar-refractivity contribution in [3.63, 3.8) is 0 Å². The number of likely N-dealkylation sites (N-methyl/N-ethyl adjacent to an activating group) is 1. The van der Waals surface area contributed by atoms with Crippen LogP contribution in [0.2, 0.25) is 0 Å². The Hall–Kier alpha value is -1.73. The topological polar surface area (TPSA) is 84.6 Å². The number of nitrogens with two attached hydrogens (primary N) is 1. The average molecular weight is 345 g/mol. The molecule has 0 bridgehead atoms. The standard InChI is InChI=1S/C18H27N5O2/c1-3-25-12-17(5-6-17)15(24)23-10-18(11-23)9-22(2)8-13(18)14-4-7-20-16(19)21-14/h4,7,13H,3,5-6,8-12H2,1-2H3,(H2,19,20,21). The van der Waals surface area contributed by atoms with Crippen LogP contribution in [0.15, 0.2) is 12.3 Å². The molecule has 2 N–H and O–H groups in total. The summed E-state index contributed by atoms with van der Waals surface area (Å²) in [5, 5.41) is 0. The second-order valence-corrected chi connectivity index (χ2v) is 8.03. The number of nitrogens with zero attached hydrogens (tertiary/aromatic N) is 4. The van der Waals surface area contributed by atoms with E-state index in [1.165, 1.54) is 0 Å². The van der Waals surface area contributed by atoms with E-state index >= 15 is 0 Å². The Morgan fingerprint density at radius 3 is 2.80 bits per heavy atom. The van der Waals surface area contributed by atoms with Crippen molar-refractivity contribution >= 4 is 11.9 Å². The van der Waals surface area contributed by atoms with Gasteiger partial charge in [-0.05, 0) is 32.9 Å². The molecule has 3 heterocycles. The van der Waals surface area contributed by atoms with Crippen molar-refractivity contribution in [2.24, 2.45) is 10.8 Å². The van der Waals surface area contributed by atoms with Gasteiger partial charge in [-0.1, -0.05) is 0 Å². The Labute approximate surface area is 148 Å². The monoisotopic (exact) mass is 345 g/mol. The first-order valence-electron chi connectivity index (χ1n) is 9.12. The van der Waals surface area contributed by atoms with E-state index in [0.29, 0.717) is 25.1 Å². The van der Waals surface area contributed by atoms with Gasteiger partial charge in [-0.25, -0.2) is 9.97 Å². The van der Waals surface area contributed by atoms with Crippen molar-refractivity contribution in [2.45, 2.75) is 25.7 Å². The van der Waals surface area contributed by atoms with Crippen LogP contribution >= 0.6 is 0 Å². The van der Waals surface area contributed by atoms with Gasteiger partial charge in [-0.2, -0.15) is 0 Å². The summed E-state index contributed by atoms with van der Waals surface area (Å²) in [5.41, 5.74) is 6.63. The predicted molar refractivity (Wildman–Crippen MR) is 93.9 cm³/mol. The molecule has 1 aromatic heterocycles. The van der Waals surface area contributed by atoms with Crippen LogP contribution in [0, 0.1) is 10.8 Å². The van der Waals surface area contributed by atoms with Gasteiger partial charge in [0.1, 0.15) is 0 Å². The molecule has 0 aromatic carbocycles. The Morgan fingerprint density at radius 2 is 2.16 bits per heavy atom. The van der Waals surface area contributed by atoms with Crippen LogP contribution in [0.25, 0.3) is 0 Å². The maximum Gasteiger partial charge on any atom is 0.231 e. The molecule has 7 heteroatoms. The number of hydrogen-bond acceptors (Lipinski definition) is 6. The molecule has 0 radical (unpaired) electrons. The predicted octanol–water partition coefficient (Wildman–Crippen LogP) is 0.733. The Bertz CT molecular complexity index is 669. The molecule has 1 amide bonds. The summed E-state index contributed by atoms with van der Waals surface area (Å²) in [6.45, 7) is 6.76. The molecule has 1 spiro atoms. The minimum absolute atomic E-state index is 0.0902. The Kier molecular flexibility index (Phi) is 3.96. The van der Waals surface area contributed by atoms with E-state index in [-0.39, 0.29) is 16.7 Å². The molecule has 1 unspecified atom stereocenters. The van der Waals surface area contributed by atoms with Crippen LogP contribution in [0.3, 0.4) is 0 Å². The molecule has 1 saturated carbocycles. The smallest absolute Gasteiger partial charge is 0.231 e. The first kappa shape index (κ1) is 16.7. The third-order valence-electron chi connectivity index (χ3n) is 6.06. The normalized spacial score (nSPS) is 26.6. The summed E-state index contributed by atoms with van der Waals surface area (Å²) in [6.07, 6.45) is 3.65. The van der Waals surface area contributed by atoms with Gasteiger partial charge in [-0.3, -0.25) is 4.79 Å². The van der Waals surface area contributed by atoms with E-state index in [9.17, 15) is 4.79 Å². The maximum atomic E-state index is 12.9. The minimum atomic E-state index is -0.239. The van der Waals surface area contributed by atoms with Crippen molar-refractivity contribution < 1.29 is 9.53 Å². The van der Waals surface area contributed by atoms with Gasteiger partial charge in [0.15, 0.2) is 0 Å². The number of carbonyl (C=O) groups is 1. The summed E-state index contributed by atoms with van der Waals surface area (Å²) < 4.78 is 5.55. The molecule has 2 aliphatic heterocycles. The van der Waals surface area contributed by atoms with Gasteiger partial charge in [0.2, 0.25) is 11.9 Å². The van der Waals surface area contributed by atoms with Crippen molar-refractivity contribution in [2.75, 3.05) is 52.2 Å². The second kappa shape index (κ2) is 5.92. The molecule has 1 atom stereocenters. The summed E-state index contributed by atoms with van der Waals surface area (Å²) >= 11 is 0. The molecule has 136 valence electrons. The lowest BCUT2D eigenvalue weighted by molar-refractivity contribution is -0.152. The molecule has 4 rings (SSSR count). The number of rotatable bonds is 5. The maximum absolute atomic E-state index is 12.9. The third-order valence-corrected chi connectivity index (χ3v) is 6.06. The first-order chi connectivity index (χ1) is 12.0. The third kappa shape index (κ3) is 2.79. The fraction of sp³-hybridized carbons (Fsp3) is 0.722. The molecule has 1 aromatic rings. The first-order valence-corrected chi connectivity index (χ1v) is 9.12. The van der Waals surface area contributed by atoms with Crippen molar-refractivity contribution in [1.29, 1.82) is 0 Å². The highest BCUT2D eigenvalue weighted by atomic mass is 16.5. The van der Waals surface area contributed by atoms with E-state index in [0.717, 1.165) is 44.7 Å². The van der Waals surface area contributed by atoms with E-state index in [2.05, 4.69) is 21.9 Å². The van der Waals surface area contributed by atoms with Crippen LogP contribution in [-0.4, -0.2) is 72.1 Å². The fourth-order valence-corrected chi connectivity index (χ4v) is 4.59. The molecule has 1 aliphatic carbocycles. The van der Waals surface area contributed by atoms with E-state index < -0.39 is 0 Å². The molecule has 3 fully saturated rings. The average Bonchev–Trinajstić information content (AvgIpc) is 3.26. The number of ether oxygens (including phenoxy) is 1. The van der Waals surface area contributed by atoms with Crippen molar-refractivity contribution in [3.05, 3.63) is 18.0 Å². The van der Waals surface area contributed by atoms with Crippen LogP contribution in [0.4, 0.5) is 5.95 Å². The summed E-state index contributed by atoms with van der Waals surface area (Å²) in [4.78, 5) is 25.7. The summed E-state index contributed by atoms with van der Waals surface area (Å²) in [5.74, 6) is 0.902. The van der Waals surface area contributed by atoms with Gasteiger partial charge in [-0.15, -0.1) is 0 Å². The number of carbonyl (C=O) groups excluding carboxylic acids is 1. The van der Waals surface area contributed by atoms with E-state index in [1.54, 1.807) is 6.20 Å².